The number of amides is 1. The van der Waals surface area contributed by atoms with E-state index in [0.717, 1.165) is 35.3 Å². The SMILES string of the molecule is CC1C(CN(Cc2ccccc2)Cc2ccccc2)OC(c2ccc(CNC(=O)c3cccnc3)cc2)OC1c1ccc(CO)cc1. The molecule has 0 spiro atoms. The van der Waals surface area contributed by atoms with Crippen LogP contribution in [0, 0.1) is 5.92 Å². The minimum absolute atomic E-state index is 0.00130. The Morgan fingerprint density at radius 3 is 1.96 bits per heavy atom. The lowest BCUT2D eigenvalue weighted by Crippen LogP contribution is -2.44. The second kappa shape index (κ2) is 15.8. The van der Waals surface area contributed by atoms with Crippen LogP contribution in [0.15, 0.2) is 134 Å². The smallest absolute Gasteiger partial charge is 0.253 e. The first-order valence-corrected chi connectivity index (χ1v) is 16.1. The number of rotatable bonds is 12. The van der Waals surface area contributed by atoms with Crippen molar-refractivity contribution in [2.24, 2.45) is 5.92 Å². The first kappa shape index (κ1) is 32.3. The summed E-state index contributed by atoms with van der Waals surface area (Å²) in [5, 5.41) is 12.6. The molecule has 1 saturated heterocycles. The summed E-state index contributed by atoms with van der Waals surface area (Å²) in [7, 11) is 0. The van der Waals surface area contributed by atoms with Gasteiger partial charge in [0, 0.05) is 50.1 Å². The van der Waals surface area contributed by atoms with E-state index in [1.165, 1.54) is 11.1 Å². The Morgan fingerprint density at radius 1 is 0.745 bits per heavy atom. The van der Waals surface area contributed by atoms with Gasteiger partial charge in [0.05, 0.1) is 24.4 Å². The summed E-state index contributed by atoms with van der Waals surface area (Å²) in [4.78, 5) is 19.0. The predicted octanol–water partition coefficient (Wildman–Crippen LogP) is 7.00. The zero-order chi connectivity index (χ0) is 32.4. The maximum absolute atomic E-state index is 12.5. The van der Waals surface area contributed by atoms with Crippen LogP contribution < -0.4 is 5.32 Å². The van der Waals surface area contributed by atoms with E-state index in [-0.39, 0.29) is 30.6 Å². The average Bonchev–Trinajstić information content (AvgIpc) is 3.13. The molecule has 0 saturated carbocycles. The topological polar surface area (TPSA) is 83.9 Å². The zero-order valence-corrected chi connectivity index (χ0v) is 26.6. The van der Waals surface area contributed by atoms with Gasteiger partial charge in [0.1, 0.15) is 0 Å². The highest BCUT2D eigenvalue weighted by Gasteiger charge is 2.39. The van der Waals surface area contributed by atoms with Crippen LogP contribution in [-0.4, -0.2) is 33.5 Å². The Kier molecular flexibility index (Phi) is 10.8. The fourth-order valence-electron chi connectivity index (χ4n) is 6.02. The van der Waals surface area contributed by atoms with Crippen LogP contribution in [0.5, 0.6) is 0 Å². The van der Waals surface area contributed by atoms with E-state index in [4.69, 9.17) is 9.47 Å². The van der Waals surface area contributed by atoms with Crippen LogP contribution in [0.3, 0.4) is 0 Å². The molecule has 0 aliphatic carbocycles. The molecule has 1 amide bonds. The highest BCUT2D eigenvalue weighted by molar-refractivity contribution is 5.93. The van der Waals surface area contributed by atoms with Crippen LogP contribution in [0.25, 0.3) is 0 Å². The van der Waals surface area contributed by atoms with E-state index in [1.807, 2.05) is 60.7 Å². The van der Waals surface area contributed by atoms with Crippen LogP contribution in [0.2, 0.25) is 0 Å². The van der Waals surface area contributed by atoms with Gasteiger partial charge < -0.3 is 19.9 Å². The van der Waals surface area contributed by atoms with Gasteiger partial charge in [-0.2, -0.15) is 0 Å². The van der Waals surface area contributed by atoms with Crippen LogP contribution in [0.4, 0.5) is 0 Å². The molecule has 4 unspecified atom stereocenters. The van der Waals surface area contributed by atoms with E-state index in [1.54, 1.807) is 24.5 Å². The van der Waals surface area contributed by atoms with E-state index < -0.39 is 6.29 Å². The minimum Gasteiger partial charge on any atom is -0.392 e. The minimum atomic E-state index is -0.576. The Balaban J connectivity index is 1.22. The number of aliphatic hydroxyl groups excluding tert-OH is 1. The van der Waals surface area contributed by atoms with Gasteiger partial charge in [-0.15, -0.1) is 0 Å². The molecule has 7 heteroatoms. The lowest BCUT2D eigenvalue weighted by molar-refractivity contribution is -0.276. The Labute approximate surface area is 276 Å². The summed E-state index contributed by atoms with van der Waals surface area (Å²) in [6, 6.07) is 40.6. The summed E-state index contributed by atoms with van der Waals surface area (Å²) in [5.74, 6) is -0.106. The van der Waals surface area contributed by atoms with Crippen molar-refractivity contribution in [3.8, 4) is 0 Å². The summed E-state index contributed by atoms with van der Waals surface area (Å²) < 4.78 is 13.5. The summed E-state index contributed by atoms with van der Waals surface area (Å²) >= 11 is 0. The molecule has 2 heterocycles. The molecular formula is C40H41N3O4. The fourth-order valence-corrected chi connectivity index (χ4v) is 6.02. The van der Waals surface area contributed by atoms with Gasteiger partial charge in [0.15, 0.2) is 6.29 Å². The van der Waals surface area contributed by atoms with E-state index in [9.17, 15) is 9.90 Å². The molecule has 4 atom stereocenters. The average molecular weight is 628 g/mol. The van der Waals surface area contributed by atoms with Crippen molar-refractivity contribution in [2.45, 2.75) is 51.7 Å². The highest BCUT2D eigenvalue weighted by Crippen LogP contribution is 2.42. The first-order valence-electron chi connectivity index (χ1n) is 16.1. The summed E-state index contributed by atoms with van der Waals surface area (Å²) in [5.41, 5.74) is 6.84. The van der Waals surface area contributed by atoms with Gasteiger partial charge in [-0.1, -0.05) is 116 Å². The standard InChI is InChI=1S/C40H41N3O4/c1-29-37(27-43(25-31-9-4-2-5-10-31)26-32-11-6-3-7-12-32)46-40(47-38(29)34-18-16-33(28-44)17-19-34)35-20-14-30(15-21-35)23-42-39(45)36-13-8-22-41-24-36/h2-22,24,29,37-38,40,44H,23,25-28H2,1H3,(H,42,45). The quantitative estimate of drug-likeness (QED) is 0.155. The number of carbonyl (C=O) groups excluding carboxylic acids is 1. The number of hydrogen-bond donors (Lipinski definition) is 2. The molecule has 5 aromatic rings. The second-order valence-electron chi connectivity index (χ2n) is 12.1. The van der Waals surface area contributed by atoms with Gasteiger partial charge in [-0.05, 0) is 39.9 Å². The first-order chi connectivity index (χ1) is 23.1. The number of aliphatic hydroxyl groups is 1. The third kappa shape index (κ3) is 8.58. The Bertz CT molecular complexity index is 1640. The second-order valence-corrected chi connectivity index (χ2v) is 12.1. The molecule has 47 heavy (non-hydrogen) atoms. The number of nitrogens with zero attached hydrogens (tertiary/aromatic N) is 2. The van der Waals surface area contributed by atoms with Gasteiger partial charge in [0.2, 0.25) is 0 Å². The van der Waals surface area contributed by atoms with Crippen molar-refractivity contribution in [1.29, 1.82) is 0 Å². The molecule has 240 valence electrons. The lowest BCUT2D eigenvalue weighted by atomic mass is 9.89. The van der Waals surface area contributed by atoms with Crippen LogP contribution >= 0.6 is 0 Å². The van der Waals surface area contributed by atoms with Crippen molar-refractivity contribution < 1.29 is 19.4 Å². The molecule has 0 radical (unpaired) electrons. The number of nitrogens with one attached hydrogen (secondary N) is 1. The fraction of sp³-hybridized carbons (Fsp3) is 0.250. The molecular weight excluding hydrogens is 586 g/mol. The lowest BCUT2D eigenvalue weighted by Gasteiger charge is -2.43. The molecule has 6 rings (SSSR count). The van der Waals surface area contributed by atoms with Crippen molar-refractivity contribution >= 4 is 5.91 Å². The maximum Gasteiger partial charge on any atom is 0.253 e. The molecule has 1 fully saturated rings. The monoisotopic (exact) mass is 627 g/mol. The van der Waals surface area contributed by atoms with E-state index >= 15 is 0 Å². The number of benzene rings is 4. The number of hydrogen-bond acceptors (Lipinski definition) is 6. The predicted molar refractivity (Wildman–Crippen MR) is 182 cm³/mol. The third-order valence-electron chi connectivity index (χ3n) is 8.69. The molecule has 0 bridgehead atoms. The van der Waals surface area contributed by atoms with Gasteiger partial charge in [-0.3, -0.25) is 14.7 Å². The van der Waals surface area contributed by atoms with Crippen LogP contribution in [0.1, 0.15) is 63.1 Å². The van der Waals surface area contributed by atoms with Gasteiger partial charge in [-0.25, -0.2) is 0 Å². The number of aromatic nitrogens is 1. The largest absolute Gasteiger partial charge is 0.392 e. The summed E-state index contributed by atoms with van der Waals surface area (Å²) in [6.07, 6.45) is 2.30. The maximum atomic E-state index is 12.5. The molecule has 1 aliphatic heterocycles. The number of pyridine rings is 1. The Morgan fingerprint density at radius 2 is 1.36 bits per heavy atom. The van der Waals surface area contributed by atoms with Crippen LogP contribution in [-0.2, 0) is 35.7 Å². The zero-order valence-electron chi connectivity index (χ0n) is 26.6. The third-order valence-corrected chi connectivity index (χ3v) is 8.69. The molecule has 1 aliphatic rings. The molecule has 1 aromatic heterocycles. The highest BCUT2D eigenvalue weighted by atomic mass is 16.7. The van der Waals surface area contributed by atoms with Gasteiger partial charge in [0.25, 0.3) is 5.91 Å². The van der Waals surface area contributed by atoms with E-state index in [0.29, 0.717) is 18.7 Å². The molecule has 4 aromatic carbocycles. The van der Waals surface area contributed by atoms with Crippen molar-refractivity contribution in [3.63, 3.8) is 0 Å². The van der Waals surface area contributed by atoms with Crippen molar-refractivity contribution in [3.05, 3.63) is 173 Å². The number of ether oxygens (including phenoxy) is 2. The van der Waals surface area contributed by atoms with Gasteiger partial charge >= 0.3 is 0 Å². The Hall–Kier alpha value is -4.66. The molecule has 7 nitrogen and oxygen atoms in total. The summed E-state index contributed by atoms with van der Waals surface area (Å²) in [6.45, 7) is 4.90. The van der Waals surface area contributed by atoms with E-state index in [2.05, 4.69) is 70.7 Å². The molecule has 2 N–H and O–H groups in total. The normalized spacial score (nSPS) is 19.4. The number of carbonyl (C=O) groups is 1. The van der Waals surface area contributed by atoms with Crippen molar-refractivity contribution in [1.82, 2.24) is 15.2 Å². The van der Waals surface area contributed by atoms with Crippen molar-refractivity contribution in [2.75, 3.05) is 6.54 Å².